The van der Waals surface area contributed by atoms with Gasteiger partial charge < -0.3 is 11.1 Å². The molecule has 0 aliphatic carbocycles. The predicted molar refractivity (Wildman–Crippen MR) is 77.4 cm³/mol. The molecule has 1 aromatic carbocycles. The van der Waals surface area contributed by atoms with Crippen LogP contribution in [0.25, 0.3) is 0 Å². The minimum atomic E-state index is -3.07. The summed E-state index contributed by atoms with van der Waals surface area (Å²) in [5, 5.41) is 3.17. The third kappa shape index (κ3) is 3.46. The average Bonchev–Trinajstić information content (AvgIpc) is 2.33. The molecule has 1 fully saturated rings. The second-order valence-corrected chi connectivity index (χ2v) is 7.97. The molecule has 1 heterocycles. The molecule has 0 spiro atoms. The van der Waals surface area contributed by atoms with Crippen LogP contribution in [-0.2, 0) is 9.84 Å². The van der Waals surface area contributed by atoms with Crippen molar-refractivity contribution in [1.82, 2.24) is 0 Å². The zero-order valence-electron chi connectivity index (χ0n) is 10.3. The normalized spacial score (nSPS) is 26.1. The summed E-state index contributed by atoms with van der Waals surface area (Å²) >= 11 is 3.11. The van der Waals surface area contributed by atoms with E-state index < -0.39 is 15.4 Å². The molecule has 1 unspecified atom stereocenters. The highest BCUT2D eigenvalue weighted by Gasteiger charge is 2.37. The minimum absolute atomic E-state index is 0.0193. The van der Waals surface area contributed by atoms with E-state index in [4.69, 9.17) is 5.73 Å². The van der Waals surface area contributed by atoms with Crippen molar-refractivity contribution in [3.63, 3.8) is 0 Å². The largest absolute Gasteiger partial charge is 0.377 e. The lowest BCUT2D eigenvalue weighted by molar-refractivity contribution is 0.450. The zero-order valence-corrected chi connectivity index (χ0v) is 12.7. The highest BCUT2D eigenvalue weighted by atomic mass is 79.9. The van der Waals surface area contributed by atoms with Crippen LogP contribution in [0.15, 0.2) is 22.7 Å². The molecular formula is C12H16BrFN2O2S. The van der Waals surface area contributed by atoms with Crippen molar-refractivity contribution >= 4 is 31.5 Å². The lowest BCUT2D eigenvalue weighted by atomic mass is 9.95. The summed E-state index contributed by atoms with van der Waals surface area (Å²) in [6, 6.07) is 4.50. The molecule has 0 saturated carbocycles. The second kappa shape index (κ2) is 5.38. The van der Waals surface area contributed by atoms with Crippen LogP contribution < -0.4 is 11.1 Å². The minimum Gasteiger partial charge on any atom is -0.377 e. The molecular weight excluding hydrogens is 335 g/mol. The smallest absolute Gasteiger partial charge is 0.152 e. The molecule has 106 valence electrons. The molecule has 19 heavy (non-hydrogen) atoms. The first-order valence-corrected chi connectivity index (χ1v) is 8.61. The average molecular weight is 351 g/mol. The summed E-state index contributed by atoms with van der Waals surface area (Å²) in [7, 11) is -3.07. The van der Waals surface area contributed by atoms with Gasteiger partial charge in [0.05, 0.1) is 21.5 Å². The van der Waals surface area contributed by atoms with Crippen LogP contribution in [0, 0.1) is 5.82 Å². The SMILES string of the molecule is NCC1(Nc2ccc(F)c(Br)c2)CCCS(=O)(=O)C1. The monoisotopic (exact) mass is 350 g/mol. The van der Waals surface area contributed by atoms with Gasteiger partial charge in [0, 0.05) is 12.2 Å². The first-order chi connectivity index (χ1) is 8.86. The van der Waals surface area contributed by atoms with Crippen molar-refractivity contribution in [2.45, 2.75) is 18.4 Å². The summed E-state index contributed by atoms with van der Waals surface area (Å²) in [5.41, 5.74) is 5.77. The molecule has 1 atom stereocenters. The number of halogens is 2. The van der Waals surface area contributed by atoms with Crippen molar-refractivity contribution in [2.75, 3.05) is 23.4 Å². The van der Waals surface area contributed by atoms with Gasteiger partial charge in [-0.2, -0.15) is 0 Å². The topological polar surface area (TPSA) is 72.2 Å². The van der Waals surface area contributed by atoms with E-state index in [0.29, 0.717) is 23.0 Å². The highest BCUT2D eigenvalue weighted by molar-refractivity contribution is 9.10. The Morgan fingerprint density at radius 3 is 2.79 bits per heavy atom. The summed E-state index contributed by atoms with van der Waals surface area (Å²) in [5.74, 6) is -0.127. The standard InChI is InChI=1S/C12H16BrFN2O2S/c13-10-6-9(2-3-11(10)14)16-12(7-15)4-1-5-19(17,18)8-12/h2-3,6,16H,1,4-5,7-8,15H2. The molecule has 0 bridgehead atoms. The van der Waals surface area contributed by atoms with E-state index >= 15 is 0 Å². The van der Waals surface area contributed by atoms with Gasteiger partial charge in [-0.3, -0.25) is 0 Å². The van der Waals surface area contributed by atoms with Gasteiger partial charge in [-0.15, -0.1) is 0 Å². The Hall–Kier alpha value is -0.660. The summed E-state index contributed by atoms with van der Waals surface area (Å²) in [6.45, 7) is 0.223. The molecule has 3 N–H and O–H groups in total. The van der Waals surface area contributed by atoms with Crippen molar-refractivity contribution in [3.05, 3.63) is 28.5 Å². The number of hydrogen-bond donors (Lipinski definition) is 2. The number of nitrogens with one attached hydrogen (secondary N) is 1. The Bertz CT molecular complexity index is 579. The number of benzene rings is 1. The van der Waals surface area contributed by atoms with Crippen molar-refractivity contribution in [3.8, 4) is 0 Å². The Kier molecular flexibility index (Phi) is 4.17. The van der Waals surface area contributed by atoms with Gasteiger partial charge in [-0.05, 0) is 47.0 Å². The summed E-state index contributed by atoms with van der Waals surface area (Å²) in [4.78, 5) is 0. The van der Waals surface area contributed by atoms with E-state index in [-0.39, 0.29) is 23.9 Å². The Labute approximate surface area is 120 Å². The van der Waals surface area contributed by atoms with Gasteiger partial charge in [-0.1, -0.05) is 0 Å². The van der Waals surface area contributed by atoms with Gasteiger partial charge >= 0.3 is 0 Å². The van der Waals surface area contributed by atoms with Crippen LogP contribution in [0.1, 0.15) is 12.8 Å². The number of rotatable bonds is 3. The van der Waals surface area contributed by atoms with E-state index in [1.54, 1.807) is 12.1 Å². The predicted octanol–water partition coefficient (Wildman–Crippen LogP) is 1.91. The van der Waals surface area contributed by atoms with Crippen molar-refractivity contribution < 1.29 is 12.8 Å². The Morgan fingerprint density at radius 1 is 1.47 bits per heavy atom. The first kappa shape index (κ1) is 14.7. The van der Waals surface area contributed by atoms with Crippen LogP contribution in [0.4, 0.5) is 10.1 Å². The van der Waals surface area contributed by atoms with Crippen molar-refractivity contribution in [2.24, 2.45) is 5.73 Å². The number of nitrogens with two attached hydrogens (primary N) is 1. The molecule has 1 aliphatic rings. The van der Waals surface area contributed by atoms with E-state index in [0.717, 1.165) is 0 Å². The third-order valence-corrected chi connectivity index (χ3v) is 5.84. The van der Waals surface area contributed by atoms with Crippen LogP contribution in [0.5, 0.6) is 0 Å². The van der Waals surface area contributed by atoms with Gasteiger partial charge in [0.25, 0.3) is 0 Å². The first-order valence-electron chi connectivity index (χ1n) is 6.00. The molecule has 0 radical (unpaired) electrons. The Balaban J connectivity index is 2.25. The van der Waals surface area contributed by atoms with Gasteiger partial charge in [0.1, 0.15) is 5.82 Å². The third-order valence-electron chi connectivity index (χ3n) is 3.33. The van der Waals surface area contributed by atoms with Crippen molar-refractivity contribution in [1.29, 1.82) is 0 Å². The van der Waals surface area contributed by atoms with E-state index in [2.05, 4.69) is 21.2 Å². The van der Waals surface area contributed by atoms with Gasteiger partial charge in [-0.25, -0.2) is 12.8 Å². The van der Waals surface area contributed by atoms with E-state index in [9.17, 15) is 12.8 Å². The second-order valence-electron chi connectivity index (χ2n) is 4.93. The lowest BCUT2D eigenvalue weighted by Crippen LogP contribution is -2.53. The van der Waals surface area contributed by atoms with Crippen LogP contribution >= 0.6 is 15.9 Å². The van der Waals surface area contributed by atoms with E-state index in [1.165, 1.54) is 6.07 Å². The maximum atomic E-state index is 13.2. The highest BCUT2D eigenvalue weighted by Crippen LogP contribution is 2.28. The zero-order chi connectivity index (χ0) is 14.1. The number of anilines is 1. The fourth-order valence-corrected chi connectivity index (χ4v) is 4.67. The molecule has 7 heteroatoms. The maximum Gasteiger partial charge on any atom is 0.152 e. The fourth-order valence-electron chi connectivity index (χ4n) is 2.39. The summed E-state index contributed by atoms with van der Waals surface area (Å²) < 4.78 is 37.1. The Morgan fingerprint density at radius 2 is 2.21 bits per heavy atom. The lowest BCUT2D eigenvalue weighted by Gasteiger charge is -2.37. The quantitative estimate of drug-likeness (QED) is 0.873. The molecule has 1 saturated heterocycles. The summed E-state index contributed by atoms with van der Waals surface area (Å²) in [6.07, 6.45) is 1.28. The van der Waals surface area contributed by atoms with Gasteiger partial charge in [0.15, 0.2) is 9.84 Å². The van der Waals surface area contributed by atoms with Crippen LogP contribution in [0.2, 0.25) is 0 Å². The molecule has 4 nitrogen and oxygen atoms in total. The van der Waals surface area contributed by atoms with Gasteiger partial charge in [0.2, 0.25) is 0 Å². The molecule has 0 aromatic heterocycles. The molecule has 1 aromatic rings. The molecule has 0 amide bonds. The molecule has 1 aliphatic heterocycles. The fraction of sp³-hybridized carbons (Fsp3) is 0.500. The number of hydrogen-bond acceptors (Lipinski definition) is 4. The van der Waals surface area contributed by atoms with E-state index in [1.807, 2.05) is 0 Å². The van der Waals surface area contributed by atoms with Crippen LogP contribution in [-0.4, -0.2) is 32.0 Å². The van der Waals surface area contributed by atoms with Crippen LogP contribution in [0.3, 0.4) is 0 Å². The maximum absolute atomic E-state index is 13.2. The molecule has 2 rings (SSSR count). The number of sulfone groups is 1.